The Bertz CT molecular complexity index is 1090. The average molecular weight is 423 g/mol. The summed E-state index contributed by atoms with van der Waals surface area (Å²) in [5.74, 6) is 2.99. The van der Waals surface area contributed by atoms with Crippen molar-refractivity contribution >= 4 is 23.0 Å². The smallest absolute Gasteiger partial charge is 0.391 e. The number of carbonyl (C=O) groups excluding carboxylic acids is 1. The first-order chi connectivity index (χ1) is 14.6. The van der Waals surface area contributed by atoms with Crippen LogP contribution in [0.15, 0.2) is 48.7 Å². The third-order valence-corrected chi connectivity index (χ3v) is 7.49. The van der Waals surface area contributed by atoms with Gasteiger partial charge in [-0.1, -0.05) is 17.7 Å². The van der Waals surface area contributed by atoms with Crippen LogP contribution in [0.3, 0.4) is 0 Å². The number of rotatable bonds is 4. The maximum atomic E-state index is 13.4. The Morgan fingerprint density at radius 3 is 2.37 bits per heavy atom. The molecule has 4 saturated carbocycles. The van der Waals surface area contributed by atoms with E-state index in [1.165, 1.54) is 19.3 Å². The molecule has 7 rings (SSSR count). The summed E-state index contributed by atoms with van der Waals surface area (Å²) >= 11 is 5.98. The third-order valence-electron chi connectivity index (χ3n) is 7.24. The summed E-state index contributed by atoms with van der Waals surface area (Å²) in [5.41, 5.74) is 1.33. The quantitative estimate of drug-likeness (QED) is 0.587. The summed E-state index contributed by atoms with van der Waals surface area (Å²) in [4.78, 5) is 16.7. The zero-order valence-corrected chi connectivity index (χ0v) is 17.5. The molecule has 0 atom stereocenters. The lowest BCUT2D eigenvalue weighted by atomic mass is 9.53. The van der Waals surface area contributed by atoms with Gasteiger partial charge in [-0.25, -0.2) is 0 Å². The zero-order valence-electron chi connectivity index (χ0n) is 16.7. The van der Waals surface area contributed by atoms with Crippen LogP contribution in [0.25, 0.3) is 5.52 Å². The van der Waals surface area contributed by atoms with Gasteiger partial charge in [0.05, 0.1) is 0 Å². The minimum absolute atomic E-state index is 0.0279. The number of hydrogen-bond donors (Lipinski definition) is 2. The van der Waals surface area contributed by atoms with Crippen molar-refractivity contribution in [3.63, 3.8) is 0 Å². The Kier molecular flexibility index (Phi) is 4.10. The van der Waals surface area contributed by atoms with Crippen LogP contribution in [-0.2, 0) is 0 Å². The van der Waals surface area contributed by atoms with Crippen molar-refractivity contribution in [2.75, 3.05) is 0 Å². The number of nitrogens with one attached hydrogen (secondary N) is 2. The number of H-pyrrole nitrogens is 1. The normalized spacial score (nSPS) is 29.3. The van der Waals surface area contributed by atoms with Crippen molar-refractivity contribution < 1.29 is 13.9 Å². The number of nitrogens with zero attached hydrogens (tertiary/aromatic N) is 1. The minimum atomic E-state index is -0.0355. The molecule has 0 spiro atoms. The summed E-state index contributed by atoms with van der Waals surface area (Å²) in [7, 11) is 0. The van der Waals surface area contributed by atoms with Gasteiger partial charge in [-0.15, -0.1) is 0 Å². The van der Waals surface area contributed by atoms with Crippen LogP contribution in [0.5, 0.6) is 11.8 Å². The Hall–Kier alpha value is -2.53. The van der Waals surface area contributed by atoms with Gasteiger partial charge >= 0.3 is 6.01 Å². The number of hydrogen-bond acceptors (Lipinski definition) is 2. The second kappa shape index (κ2) is 6.74. The van der Waals surface area contributed by atoms with E-state index in [1.807, 2.05) is 40.9 Å². The Morgan fingerprint density at radius 2 is 1.70 bits per heavy atom. The molecule has 5 nitrogen and oxygen atoms in total. The largest absolute Gasteiger partial charge is 0.465 e. The van der Waals surface area contributed by atoms with E-state index in [-0.39, 0.29) is 11.4 Å². The Labute approximate surface area is 180 Å². The molecule has 0 saturated heterocycles. The highest BCUT2D eigenvalue weighted by molar-refractivity contribution is 6.30. The van der Waals surface area contributed by atoms with Crippen LogP contribution >= 0.6 is 11.6 Å². The van der Waals surface area contributed by atoms with E-state index in [0.717, 1.165) is 42.5 Å². The molecule has 0 aliphatic heterocycles. The van der Waals surface area contributed by atoms with Crippen LogP contribution < -0.4 is 14.5 Å². The monoisotopic (exact) mass is 422 g/mol. The van der Waals surface area contributed by atoms with Crippen molar-refractivity contribution in [1.29, 1.82) is 0 Å². The molecule has 6 heteroatoms. The van der Waals surface area contributed by atoms with Gasteiger partial charge in [-0.3, -0.25) is 4.79 Å². The van der Waals surface area contributed by atoms with Crippen molar-refractivity contribution in [1.82, 2.24) is 10.3 Å². The number of pyridine rings is 1. The van der Waals surface area contributed by atoms with Crippen molar-refractivity contribution in [2.45, 2.75) is 44.1 Å². The molecule has 2 N–H and O–H groups in total. The molecule has 1 amide bonds. The lowest BCUT2D eigenvalue weighted by Crippen LogP contribution is -2.59. The molecular weight excluding hydrogens is 398 g/mol. The number of benzene rings is 1. The number of imidazole rings is 1. The Morgan fingerprint density at radius 1 is 1.03 bits per heavy atom. The maximum Gasteiger partial charge on any atom is 0.465 e. The van der Waals surface area contributed by atoms with Gasteiger partial charge in [-0.05, 0) is 92.7 Å². The fourth-order valence-electron chi connectivity index (χ4n) is 6.48. The second-order valence-corrected chi connectivity index (χ2v) is 9.91. The molecule has 30 heavy (non-hydrogen) atoms. The zero-order chi connectivity index (χ0) is 20.3. The fraction of sp³-hybridized carbons (Fsp3) is 0.417. The summed E-state index contributed by atoms with van der Waals surface area (Å²) in [5, 5.41) is 4.12. The highest BCUT2D eigenvalue weighted by Gasteiger charge is 2.52. The van der Waals surface area contributed by atoms with Gasteiger partial charge in [0.15, 0.2) is 5.52 Å². The standard InChI is InChI=1S/C24H24ClN3O2/c25-18-4-6-19(7-5-18)30-23-26-21(20-3-1-2-8-28(20)23)22(29)27-24-12-15-9-16(13-24)11-17(10-15)14-24/h1-8,15-17H,9-14H2,(H,27,29)/p+1. The number of fused-ring (bicyclic) bond motifs is 1. The molecule has 4 aliphatic carbocycles. The van der Waals surface area contributed by atoms with E-state index in [1.54, 1.807) is 12.1 Å². The number of amides is 1. The molecule has 4 bridgehead atoms. The molecular formula is C24H25ClN3O2+. The first-order valence-corrected chi connectivity index (χ1v) is 11.2. The van der Waals surface area contributed by atoms with Crippen LogP contribution in [-0.4, -0.2) is 16.4 Å². The summed E-state index contributed by atoms with van der Waals surface area (Å²) in [6.07, 6.45) is 9.36. The molecule has 0 radical (unpaired) electrons. The molecule has 3 aromatic rings. The molecule has 2 aromatic heterocycles. The predicted octanol–water partition coefficient (Wildman–Crippen LogP) is 4.90. The molecule has 1 aromatic carbocycles. The Balaban J connectivity index is 1.31. The SMILES string of the molecule is O=C(NC12CC3CC(CC(C3)C1)C2)c1[nH]c(Oc2ccc(Cl)cc2)[n+]2ccccc12. The van der Waals surface area contributed by atoms with Gasteiger partial charge in [0.25, 0.3) is 5.91 Å². The lowest BCUT2D eigenvalue weighted by molar-refractivity contribution is -0.519. The van der Waals surface area contributed by atoms with Crippen LogP contribution in [0.1, 0.15) is 49.0 Å². The van der Waals surface area contributed by atoms with E-state index >= 15 is 0 Å². The number of carbonyl (C=O) groups is 1. The van der Waals surface area contributed by atoms with Crippen LogP contribution in [0.4, 0.5) is 0 Å². The van der Waals surface area contributed by atoms with Crippen molar-refractivity contribution in [2.24, 2.45) is 17.8 Å². The van der Waals surface area contributed by atoms with E-state index < -0.39 is 0 Å². The third kappa shape index (κ3) is 3.07. The highest BCUT2D eigenvalue weighted by atomic mass is 35.5. The van der Waals surface area contributed by atoms with Gasteiger partial charge in [0.2, 0.25) is 5.69 Å². The second-order valence-electron chi connectivity index (χ2n) is 9.47. The summed E-state index contributed by atoms with van der Waals surface area (Å²) in [6.45, 7) is 0. The van der Waals surface area contributed by atoms with Gasteiger partial charge in [0, 0.05) is 10.6 Å². The molecule has 154 valence electrons. The minimum Gasteiger partial charge on any atom is -0.391 e. The number of halogens is 1. The predicted molar refractivity (Wildman–Crippen MR) is 114 cm³/mol. The van der Waals surface area contributed by atoms with E-state index in [9.17, 15) is 4.79 Å². The first-order valence-electron chi connectivity index (χ1n) is 10.9. The first kappa shape index (κ1) is 18.3. The molecule has 2 heterocycles. The van der Waals surface area contributed by atoms with Gasteiger partial charge in [0.1, 0.15) is 11.9 Å². The maximum absolute atomic E-state index is 13.4. The molecule has 0 unspecified atom stereocenters. The highest BCUT2D eigenvalue weighted by Crippen LogP contribution is 2.55. The van der Waals surface area contributed by atoms with Crippen molar-refractivity contribution in [3.8, 4) is 11.8 Å². The van der Waals surface area contributed by atoms with E-state index in [4.69, 9.17) is 16.3 Å². The van der Waals surface area contributed by atoms with E-state index in [0.29, 0.717) is 22.5 Å². The number of aromatic amines is 1. The summed E-state index contributed by atoms with van der Waals surface area (Å²) in [6, 6.07) is 13.5. The van der Waals surface area contributed by atoms with Crippen molar-refractivity contribution in [3.05, 3.63) is 59.4 Å². The molecule has 4 fully saturated rings. The van der Waals surface area contributed by atoms with E-state index in [2.05, 4.69) is 10.3 Å². The number of aromatic nitrogens is 2. The topological polar surface area (TPSA) is 58.2 Å². The van der Waals surface area contributed by atoms with Gasteiger partial charge in [-0.2, -0.15) is 9.38 Å². The lowest BCUT2D eigenvalue weighted by Gasteiger charge is -2.56. The van der Waals surface area contributed by atoms with Crippen LogP contribution in [0, 0.1) is 17.8 Å². The number of ether oxygens (including phenoxy) is 1. The average Bonchev–Trinajstić information content (AvgIpc) is 3.07. The summed E-state index contributed by atoms with van der Waals surface area (Å²) < 4.78 is 7.92. The van der Waals surface area contributed by atoms with Gasteiger partial charge < -0.3 is 10.1 Å². The molecule has 4 aliphatic rings. The van der Waals surface area contributed by atoms with Crippen LogP contribution in [0.2, 0.25) is 5.02 Å². The fourth-order valence-corrected chi connectivity index (χ4v) is 6.61.